The van der Waals surface area contributed by atoms with Gasteiger partial charge in [0.05, 0.1) is 0 Å². The van der Waals surface area contributed by atoms with Crippen molar-refractivity contribution in [2.24, 2.45) is 35.5 Å². The van der Waals surface area contributed by atoms with Crippen molar-refractivity contribution in [2.75, 3.05) is 0 Å². The molecule has 0 saturated heterocycles. The standard InChI is InChI=1S/C21H33Cl5Si3/c22-27(23,19-10-13-1-4-16(19)7-13)29(26,21-12-15-3-6-18(21)9-15)28(24,25)20-11-14-2-5-17(20)8-14/h13-21H,1-12H2. The van der Waals surface area contributed by atoms with Crippen LogP contribution in [0.25, 0.3) is 0 Å². The minimum Gasteiger partial charge on any atom is -0.167 e. The zero-order valence-electron chi connectivity index (χ0n) is 17.1. The lowest BCUT2D eigenvalue weighted by atomic mass is 10.0. The summed E-state index contributed by atoms with van der Waals surface area (Å²) >= 11 is 39.0. The highest BCUT2D eigenvalue weighted by Crippen LogP contribution is 2.71. The van der Waals surface area contributed by atoms with Crippen LogP contribution in [0.2, 0.25) is 16.6 Å². The molecule has 164 valence electrons. The molecule has 0 aromatic heterocycles. The molecule has 6 fully saturated rings. The van der Waals surface area contributed by atoms with E-state index in [0.717, 1.165) is 23.7 Å². The third-order valence-electron chi connectivity index (χ3n) is 10.6. The van der Waals surface area contributed by atoms with Crippen LogP contribution in [-0.2, 0) is 0 Å². The fourth-order valence-electron chi connectivity index (χ4n) is 9.37. The van der Waals surface area contributed by atoms with Crippen LogP contribution in [0.1, 0.15) is 77.0 Å². The Morgan fingerprint density at radius 2 is 0.759 bits per heavy atom. The van der Waals surface area contributed by atoms with Crippen LogP contribution in [0.3, 0.4) is 0 Å². The summed E-state index contributed by atoms with van der Waals surface area (Å²) in [5.41, 5.74) is 1.44. The largest absolute Gasteiger partial charge is 0.260 e. The Morgan fingerprint density at radius 3 is 1.03 bits per heavy atom. The Kier molecular flexibility index (Phi) is 5.44. The van der Waals surface area contributed by atoms with Gasteiger partial charge in [0.25, 0.3) is 12.4 Å². The molecule has 0 radical (unpaired) electrons. The normalized spacial score (nSPS) is 50.6. The van der Waals surface area contributed by atoms with E-state index in [1.807, 2.05) is 0 Å². The lowest BCUT2D eigenvalue weighted by Crippen LogP contribution is -2.73. The summed E-state index contributed by atoms with van der Waals surface area (Å²) in [6.07, 6.45) is 7.54. The molecule has 0 N–H and O–H groups in total. The Morgan fingerprint density at radius 1 is 0.414 bits per heavy atom. The lowest BCUT2D eigenvalue weighted by molar-refractivity contribution is 0.465. The van der Waals surface area contributed by atoms with Crippen LogP contribution in [0.15, 0.2) is 0 Å². The topological polar surface area (TPSA) is 0 Å². The van der Waals surface area contributed by atoms with Gasteiger partial charge in [0.1, 0.15) is 0 Å². The quantitative estimate of drug-likeness (QED) is 0.239. The van der Waals surface area contributed by atoms with Gasteiger partial charge in [-0.1, -0.05) is 38.5 Å². The SMILES string of the molecule is Cl[Si](Cl)(C1CC2CCC1C2)[Si](Cl)(C1CC2CCC1C2)[Si](Cl)(Cl)C1CC2CCC1C2. The van der Waals surface area contributed by atoms with Gasteiger partial charge < -0.3 is 0 Å². The van der Waals surface area contributed by atoms with Crippen LogP contribution in [0.5, 0.6) is 0 Å². The summed E-state index contributed by atoms with van der Waals surface area (Å²) in [4.78, 5) is 0. The fraction of sp³-hybridized carbons (Fsp3) is 1.00. The predicted octanol–water partition coefficient (Wildman–Crippen LogP) is 8.74. The van der Waals surface area contributed by atoms with Gasteiger partial charge in [-0.2, -0.15) is 11.1 Å². The van der Waals surface area contributed by atoms with Crippen molar-refractivity contribution in [3.63, 3.8) is 0 Å². The lowest BCUT2D eigenvalue weighted by Gasteiger charge is -2.53. The van der Waals surface area contributed by atoms with Crippen molar-refractivity contribution in [3.05, 3.63) is 0 Å². The molecular weight excluding hydrogens is 514 g/mol. The average Bonchev–Trinajstić information content (AvgIpc) is 3.52. The van der Waals surface area contributed by atoms with Crippen molar-refractivity contribution < 1.29 is 0 Å². The second-order valence-corrected chi connectivity index (χ2v) is 44.7. The molecule has 0 amide bonds. The van der Waals surface area contributed by atoms with E-state index in [4.69, 9.17) is 55.4 Å². The van der Waals surface area contributed by atoms with Crippen LogP contribution >= 0.6 is 55.4 Å². The van der Waals surface area contributed by atoms with Crippen LogP contribution in [-0.4, -0.2) is 18.8 Å². The molecule has 0 nitrogen and oxygen atoms in total. The highest BCUT2D eigenvalue weighted by atomic mass is 35.7. The predicted molar refractivity (Wildman–Crippen MR) is 134 cm³/mol. The third-order valence-corrected chi connectivity index (χ3v) is 64.4. The second kappa shape index (κ2) is 7.30. The minimum atomic E-state index is -2.76. The Balaban J connectivity index is 1.41. The number of hydrogen-bond donors (Lipinski definition) is 0. The summed E-state index contributed by atoms with van der Waals surface area (Å²) in [7, 11) is 0. The van der Waals surface area contributed by atoms with E-state index in [-0.39, 0.29) is 0 Å². The van der Waals surface area contributed by atoms with Gasteiger partial charge in [-0.3, -0.25) is 0 Å². The van der Waals surface area contributed by atoms with E-state index in [2.05, 4.69) is 0 Å². The van der Waals surface area contributed by atoms with E-state index in [0.29, 0.717) is 28.5 Å². The van der Waals surface area contributed by atoms with Gasteiger partial charge in [0, 0.05) is 0 Å². The molecule has 6 saturated carbocycles. The maximum Gasteiger partial charge on any atom is 0.260 e. The van der Waals surface area contributed by atoms with Crippen LogP contribution in [0, 0.1) is 35.5 Å². The fourth-order valence-corrected chi connectivity index (χ4v) is 68.6. The van der Waals surface area contributed by atoms with Gasteiger partial charge >= 0.3 is 0 Å². The average molecular weight is 547 g/mol. The van der Waals surface area contributed by atoms with E-state index in [1.165, 1.54) is 77.0 Å². The monoisotopic (exact) mass is 544 g/mol. The summed E-state index contributed by atoms with van der Waals surface area (Å²) in [6, 6.07) is 0. The first-order chi connectivity index (χ1) is 13.7. The molecule has 29 heavy (non-hydrogen) atoms. The van der Waals surface area contributed by atoms with Crippen LogP contribution < -0.4 is 0 Å². The highest BCUT2D eigenvalue weighted by Gasteiger charge is 2.78. The van der Waals surface area contributed by atoms with Crippen molar-refractivity contribution in [2.45, 2.75) is 93.7 Å². The van der Waals surface area contributed by atoms with Crippen LogP contribution in [0.4, 0.5) is 0 Å². The molecule has 0 aromatic carbocycles. The molecule has 9 unspecified atom stereocenters. The first-order valence-corrected chi connectivity index (χ1v) is 25.5. The smallest absolute Gasteiger partial charge is 0.167 e. The van der Waals surface area contributed by atoms with Crippen molar-refractivity contribution >= 4 is 74.2 Å². The molecular formula is C21H33Cl5Si3. The van der Waals surface area contributed by atoms with Crippen molar-refractivity contribution in [1.82, 2.24) is 0 Å². The van der Waals surface area contributed by atoms with Gasteiger partial charge in [0.15, 0.2) is 0 Å². The van der Waals surface area contributed by atoms with E-state index < -0.39 is 18.8 Å². The molecule has 0 aliphatic heterocycles. The maximum atomic E-state index is 8.09. The first kappa shape index (κ1) is 21.6. The molecule has 0 aromatic rings. The molecule has 8 heteroatoms. The summed E-state index contributed by atoms with van der Waals surface area (Å²) in [5, 5.41) is 0. The van der Waals surface area contributed by atoms with E-state index in [1.54, 1.807) is 0 Å². The molecule has 6 aliphatic carbocycles. The number of rotatable bonds is 5. The molecule has 6 aliphatic rings. The number of hydrogen-bond acceptors (Lipinski definition) is 0. The van der Waals surface area contributed by atoms with Gasteiger partial charge in [-0.15, -0.1) is 44.3 Å². The Bertz CT molecular complexity index is 647. The van der Waals surface area contributed by atoms with Gasteiger partial charge in [-0.25, -0.2) is 0 Å². The number of halogens is 5. The molecule has 0 spiro atoms. The summed E-state index contributed by atoms with van der Waals surface area (Å²) in [6.45, 7) is 0. The highest BCUT2D eigenvalue weighted by molar-refractivity contribution is 8.07. The van der Waals surface area contributed by atoms with E-state index in [9.17, 15) is 0 Å². The third kappa shape index (κ3) is 2.99. The summed E-state index contributed by atoms with van der Waals surface area (Å²) < 4.78 is 0. The Hall–Kier alpha value is 2.10. The van der Waals surface area contributed by atoms with Gasteiger partial charge in [-0.05, 0) is 90.7 Å². The molecule has 6 rings (SSSR count). The van der Waals surface area contributed by atoms with Gasteiger partial charge in [0.2, 0.25) is 6.42 Å². The van der Waals surface area contributed by atoms with Crippen molar-refractivity contribution in [3.8, 4) is 0 Å². The Labute approximate surface area is 202 Å². The molecule has 9 atom stereocenters. The zero-order chi connectivity index (χ0) is 20.2. The number of fused-ring (bicyclic) bond motifs is 6. The molecule has 6 bridgehead atoms. The molecule has 0 heterocycles. The maximum absolute atomic E-state index is 8.09. The zero-order valence-corrected chi connectivity index (χ0v) is 23.9. The minimum absolute atomic E-state index is 0.468. The summed E-state index contributed by atoms with van der Waals surface area (Å²) in [5.74, 6) is 4.66. The first-order valence-electron chi connectivity index (χ1n) is 12.2. The van der Waals surface area contributed by atoms with Crippen molar-refractivity contribution in [1.29, 1.82) is 0 Å². The second-order valence-electron chi connectivity index (χ2n) is 11.8. The van der Waals surface area contributed by atoms with E-state index >= 15 is 0 Å².